The number of para-hydroxylation sites is 1. The molecule has 4 aromatic carbocycles. The summed E-state index contributed by atoms with van der Waals surface area (Å²) in [6.07, 6.45) is -0.192. The lowest BCUT2D eigenvalue weighted by atomic mass is 9.77. The van der Waals surface area contributed by atoms with Crippen LogP contribution in [0.1, 0.15) is 66.4 Å². The van der Waals surface area contributed by atoms with Crippen molar-refractivity contribution >= 4 is 23.0 Å². The normalized spacial score (nSPS) is 17.4. The molecular formula is C34H34N2O4. The van der Waals surface area contributed by atoms with E-state index in [-0.39, 0.29) is 12.1 Å². The second kappa shape index (κ2) is 10.4. The number of hydrogen-bond donors (Lipinski definition) is 1. The van der Waals surface area contributed by atoms with Crippen LogP contribution in [0, 0.1) is 0 Å². The van der Waals surface area contributed by atoms with Crippen molar-refractivity contribution in [2.75, 3.05) is 29.9 Å². The Morgan fingerprint density at radius 1 is 0.850 bits per heavy atom. The minimum absolute atomic E-state index is 0.192. The first-order valence-corrected chi connectivity index (χ1v) is 14.0. The number of anilines is 3. The quantitative estimate of drug-likeness (QED) is 0.232. The van der Waals surface area contributed by atoms with Gasteiger partial charge in [0.15, 0.2) is 5.60 Å². The summed E-state index contributed by atoms with van der Waals surface area (Å²) in [6.45, 7) is 10.6. The van der Waals surface area contributed by atoms with E-state index >= 15 is 0 Å². The number of nitrogens with one attached hydrogen (secondary N) is 1. The zero-order valence-electron chi connectivity index (χ0n) is 23.4. The van der Waals surface area contributed by atoms with Crippen molar-refractivity contribution < 1.29 is 19.0 Å². The number of fused-ring (bicyclic) bond motifs is 6. The van der Waals surface area contributed by atoms with Gasteiger partial charge in [-0.25, -0.2) is 4.79 Å². The van der Waals surface area contributed by atoms with E-state index < -0.39 is 5.60 Å². The molecule has 2 unspecified atom stereocenters. The number of carbonyl (C=O) groups is 1. The number of rotatable bonds is 8. The predicted octanol–water partition coefficient (Wildman–Crippen LogP) is 7.94. The standard InChI is InChI=1S/C34H34N2O4/c1-5-36(6-2)24-17-18-28-31(19-24)39-32-20-26(22(4)38-7-3)30(35-23-13-9-8-10-14-23)21-29(32)34(28)27-16-12-11-15-25(27)33(37)40-34/h8-22,35H,5-7H2,1-4H3. The SMILES string of the molecule is CCOC(C)c1cc2c(cc1Nc1ccccc1)C1(OC(=O)c3ccccc31)c1ccc(N(CC)CC)cc1O2. The minimum atomic E-state index is -1.14. The van der Waals surface area contributed by atoms with E-state index in [2.05, 4.69) is 42.3 Å². The van der Waals surface area contributed by atoms with Crippen molar-refractivity contribution in [3.63, 3.8) is 0 Å². The monoisotopic (exact) mass is 534 g/mol. The maximum absolute atomic E-state index is 13.4. The second-order valence-corrected chi connectivity index (χ2v) is 10.1. The highest BCUT2D eigenvalue weighted by molar-refractivity contribution is 5.97. The van der Waals surface area contributed by atoms with Gasteiger partial charge in [-0.1, -0.05) is 36.4 Å². The van der Waals surface area contributed by atoms with Gasteiger partial charge in [0.1, 0.15) is 11.5 Å². The zero-order valence-corrected chi connectivity index (χ0v) is 23.4. The van der Waals surface area contributed by atoms with E-state index in [1.807, 2.05) is 80.6 Å². The van der Waals surface area contributed by atoms with Gasteiger partial charge in [0, 0.05) is 65.1 Å². The number of esters is 1. The lowest BCUT2D eigenvalue weighted by Crippen LogP contribution is -2.33. The van der Waals surface area contributed by atoms with E-state index in [4.69, 9.17) is 14.2 Å². The largest absolute Gasteiger partial charge is 0.456 e. The highest BCUT2D eigenvalue weighted by Crippen LogP contribution is 2.57. The van der Waals surface area contributed by atoms with Crippen molar-refractivity contribution in [3.8, 4) is 11.5 Å². The van der Waals surface area contributed by atoms with Crippen LogP contribution >= 0.6 is 0 Å². The third kappa shape index (κ3) is 4.11. The van der Waals surface area contributed by atoms with Crippen molar-refractivity contribution in [2.24, 2.45) is 0 Å². The van der Waals surface area contributed by atoms with Crippen LogP contribution in [0.3, 0.4) is 0 Å². The summed E-state index contributed by atoms with van der Waals surface area (Å²) in [5, 5.41) is 3.58. The van der Waals surface area contributed by atoms with Crippen LogP contribution < -0.4 is 15.0 Å². The molecular weight excluding hydrogens is 500 g/mol. The predicted molar refractivity (Wildman–Crippen MR) is 158 cm³/mol. The van der Waals surface area contributed by atoms with E-state index in [0.717, 1.165) is 52.4 Å². The summed E-state index contributed by atoms with van der Waals surface area (Å²) in [6, 6.07) is 28.0. The maximum Gasteiger partial charge on any atom is 0.340 e. The number of nitrogens with zero attached hydrogens (tertiary/aromatic N) is 1. The lowest BCUT2D eigenvalue weighted by Gasteiger charge is -2.38. The topological polar surface area (TPSA) is 60.0 Å². The molecule has 6 heteroatoms. The zero-order chi connectivity index (χ0) is 27.9. The van der Waals surface area contributed by atoms with Gasteiger partial charge >= 0.3 is 5.97 Å². The highest BCUT2D eigenvalue weighted by atomic mass is 16.6. The van der Waals surface area contributed by atoms with Crippen molar-refractivity contribution in [2.45, 2.75) is 39.4 Å². The Bertz CT molecular complexity index is 1560. The third-order valence-electron chi connectivity index (χ3n) is 7.90. The Hall–Kier alpha value is -4.29. The minimum Gasteiger partial charge on any atom is -0.456 e. The Labute approximate surface area is 235 Å². The molecule has 0 amide bonds. The molecule has 6 rings (SSSR count). The van der Waals surface area contributed by atoms with Gasteiger partial charge in [-0.15, -0.1) is 0 Å². The third-order valence-corrected chi connectivity index (χ3v) is 7.90. The molecule has 1 N–H and O–H groups in total. The summed E-state index contributed by atoms with van der Waals surface area (Å²) >= 11 is 0. The molecule has 1 spiro atoms. The first-order chi connectivity index (χ1) is 19.5. The molecule has 0 saturated heterocycles. The average molecular weight is 535 g/mol. The van der Waals surface area contributed by atoms with Gasteiger partial charge in [-0.3, -0.25) is 0 Å². The second-order valence-electron chi connectivity index (χ2n) is 10.1. The van der Waals surface area contributed by atoms with E-state index in [1.54, 1.807) is 0 Å². The smallest absolute Gasteiger partial charge is 0.340 e. The molecule has 2 aliphatic rings. The molecule has 204 valence electrons. The Morgan fingerprint density at radius 2 is 1.57 bits per heavy atom. The number of hydrogen-bond acceptors (Lipinski definition) is 6. The fourth-order valence-corrected chi connectivity index (χ4v) is 5.97. The lowest BCUT2D eigenvalue weighted by molar-refractivity contribution is 0.0223. The average Bonchev–Trinajstić information content (AvgIpc) is 3.27. The molecule has 2 heterocycles. The van der Waals surface area contributed by atoms with E-state index in [9.17, 15) is 4.79 Å². The molecule has 4 aromatic rings. The van der Waals surface area contributed by atoms with Gasteiger partial charge in [0.2, 0.25) is 0 Å². The van der Waals surface area contributed by atoms with Crippen molar-refractivity contribution in [1.82, 2.24) is 0 Å². The van der Waals surface area contributed by atoms with E-state index in [1.165, 1.54) is 0 Å². The maximum atomic E-state index is 13.4. The molecule has 0 saturated carbocycles. The molecule has 0 aromatic heterocycles. The van der Waals surface area contributed by atoms with E-state index in [0.29, 0.717) is 23.7 Å². The molecule has 40 heavy (non-hydrogen) atoms. The van der Waals surface area contributed by atoms with Crippen LogP contribution in [-0.4, -0.2) is 25.7 Å². The molecule has 2 atom stereocenters. The summed E-state index contributed by atoms with van der Waals surface area (Å²) in [4.78, 5) is 15.6. The van der Waals surface area contributed by atoms with Crippen molar-refractivity contribution in [3.05, 3.63) is 113 Å². The van der Waals surface area contributed by atoms with Gasteiger partial charge in [-0.05, 0) is 70.2 Å². The van der Waals surface area contributed by atoms with Crippen LogP contribution in [0.25, 0.3) is 0 Å². The Morgan fingerprint density at radius 3 is 2.33 bits per heavy atom. The molecule has 0 radical (unpaired) electrons. The van der Waals surface area contributed by atoms with Crippen LogP contribution in [-0.2, 0) is 15.1 Å². The molecule has 0 fully saturated rings. The van der Waals surface area contributed by atoms with Gasteiger partial charge in [0.25, 0.3) is 0 Å². The van der Waals surface area contributed by atoms with Crippen molar-refractivity contribution in [1.29, 1.82) is 0 Å². The molecule has 0 bridgehead atoms. The summed E-state index contributed by atoms with van der Waals surface area (Å²) in [5.41, 5.74) is 5.68. The summed E-state index contributed by atoms with van der Waals surface area (Å²) in [7, 11) is 0. The summed E-state index contributed by atoms with van der Waals surface area (Å²) < 4.78 is 19.1. The first kappa shape index (κ1) is 26.0. The molecule has 2 aliphatic heterocycles. The number of benzene rings is 4. The first-order valence-electron chi connectivity index (χ1n) is 14.0. The fraction of sp³-hybridized carbons (Fsp3) is 0.265. The Kier molecular flexibility index (Phi) is 6.72. The van der Waals surface area contributed by atoms with Crippen LogP contribution in [0.15, 0.2) is 84.9 Å². The molecule has 0 aliphatic carbocycles. The van der Waals surface area contributed by atoms with Crippen LogP contribution in [0.2, 0.25) is 0 Å². The van der Waals surface area contributed by atoms with Crippen LogP contribution in [0.4, 0.5) is 17.1 Å². The van der Waals surface area contributed by atoms with Crippen LogP contribution in [0.5, 0.6) is 11.5 Å². The Balaban J connectivity index is 1.61. The van der Waals surface area contributed by atoms with Gasteiger partial charge in [-0.2, -0.15) is 0 Å². The fourth-order valence-electron chi connectivity index (χ4n) is 5.97. The highest BCUT2D eigenvalue weighted by Gasteiger charge is 2.53. The number of carbonyl (C=O) groups excluding carboxylic acids is 1. The van der Waals surface area contributed by atoms with Gasteiger partial charge < -0.3 is 24.4 Å². The number of ether oxygens (including phenoxy) is 3. The molecule has 6 nitrogen and oxygen atoms in total. The summed E-state index contributed by atoms with van der Waals surface area (Å²) in [5.74, 6) is 0.987. The van der Waals surface area contributed by atoms with Gasteiger partial charge in [0.05, 0.1) is 11.7 Å².